The van der Waals surface area contributed by atoms with Gasteiger partial charge in [-0.1, -0.05) is 35.9 Å². The molecule has 0 atom stereocenters. The zero-order valence-corrected chi connectivity index (χ0v) is 17.4. The van der Waals surface area contributed by atoms with Gasteiger partial charge in [0.1, 0.15) is 0 Å². The van der Waals surface area contributed by atoms with E-state index in [9.17, 15) is 4.79 Å². The predicted octanol–water partition coefficient (Wildman–Crippen LogP) is 5.48. The van der Waals surface area contributed by atoms with Crippen molar-refractivity contribution in [1.82, 2.24) is 9.78 Å². The van der Waals surface area contributed by atoms with Crippen LogP contribution in [0.3, 0.4) is 0 Å². The van der Waals surface area contributed by atoms with Crippen LogP contribution in [0.2, 0.25) is 5.02 Å². The Balaban J connectivity index is 1.87. The number of carbonyl (C=O) groups excluding carboxylic acids is 1. The standard InChI is InChI=1S/C21H22ClN3OS/c1-13-7-5-6-8-16(13)12-25-15(3)20(14(2)24-25)23-21(26)18-11-17(27-4)9-10-19(18)22/h5-11H,12H2,1-4H3,(H,23,26). The van der Waals surface area contributed by atoms with Crippen LogP contribution >= 0.6 is 23.4 Å². The zero-order chi connectivity index (χ0) is 19.6. The zero-order valence-electron chi connectivity index (χ0n) is 15.8. The number of anilines is 1. The van der Waals surface area contributed by atoms with Crippen molar-refractivity contribution in [1.29, 1.82) is 0 Å². The number of hydrogen-bond acceptors (Lipinski definition) is 3. The predicted molar refractivity (Wildman–Crippen MR) is 113 cm³/mol. The van der Waals surface area contributed by atoms with E-state index in [1.165, 1.54) is 11.1 Å². The molecular weight excluding hydrogens is 378 g/mol. The van der Waals surface area contributed by atoms with Crippen LogP contribution in [0.25, 0.3) is 0 Å². The summed E-state index contributed by atoms with van der Waals surface area (Å²) in [5, 5.41) is 8.04. The summed E-state index contributed by atoms with van der Waals surface area (Å²) in [5.74, 6) is -0.224. The molecule has 3 aromatic rings. The van der Waals surface area contributed by atoms with Crippen molar-refractivity contribution < 1.29 is 4.79 Å². The van der Waals surface area contributed by atoms with Crippen molar-refractivity contribution in [2.24, 2.45) is 0 Å². The van der Waals surface area contributed by atoms with Crippen LogP contribution < -0.4 is 5.32 Å². The third-order valence-corrected chi connectivity index (χ3v) is 5.67. The third kappa shape index (κ3) is 4.20. The number of carbonyl (C=O) groups is 1. The van der Waals surface area contributed by atoms with Gasteiger partial charge in [-0.05, 0) is 56.4 Å². The smallest absolute Gasteiger partial charge is 0.257 e. The summed E-state index contributed by atoms with van der Waals surface area (Å²) in [5.41, 5.74) is 5.33. The Morgan fingerprint density at radius 2 is 1.93 bits per heavy atom. The third-order valence-electron chi connectivity index (χ3n) is 4.62. The molecule has 27 heavy (non-hydrogen) atoms. The summed E-state index contributed by atoms with van der Waals surface area (Å²) in [4.78, 5) is 13.8. The molecular formula is C21H22ClN3OS. The number of nitrogens with one attached hydrogen (secondary N) is 1. The fourth-order valence-corrected chi connectivity index (χ4v) is 3.61. The van der Waals surface area contributed by atoms with Crippen LogP contribution in [-0.2, 0) is 6.54 Å². The van der Waals surface area contributed by atoms with Crippen molar-refractivity contribution in [2.45, 2.75) is 32.2 Å². The largest absolute Gasteiger partial charge is 0.319 e. The Hall–Kier alpha value is -2.24. The minimum Gasteiger partial charge on any atom is -0.319 e. The minimum atomic E-state index is -0.224. The maximum absolute atomic E-state index is 12.8. The van der Waals surface area contributed by atoms with Gasteiger partial charge in [0.15, 0.2) is 0 Å². The van der Waals surface area contributed by atoms with E-state index < -0.39 is 0 Å². The molecule has 0 spiro atoms. The van der Waals surface area contributed by atoms with Gasteiger partial charge in [0.25, 0.3) is 5.91 Å². The van der Waals surface area contributed by atoms with Gasteiger partial charge in [0.05, 0.1) is 34.2 Å². The average Bonchev–Trinajstić information content (AvgIpc) is 2.91. The molecule has 0 saturated carbocycles. The van der Waals surface area contributed by atoms with Crippen molar-refractivity contribution in [2.75, 3.05) is 11.6 Å². The molecule has 140 valence electrons. The second-order valence-electron chi connectivity index (χ2n) is 6.43. The summed E-state index contributed by atoms with van der Waals surface area (Å²) in [6.45, 7) is 6.62. The molecule has 0 aliphatic carbocycles. The first-order valence-electron chi connectivity index (χ1n) is 8.64. The summed E-state index contributed by atoms with van der Waals surface area (Å²) in [6, 6.07) is 13.7. The van der Waals surface area contributed by atoms with Crippen LogP contribution in [0.1, 0.15) is 32.9 Å². The SMILES string of the molecule is CSc1ccc(Cl)c(C(=O)Nc2c(C)nn(Cc3ccccc3C)c2C)c1. The first-order valence-corrected chi connectivity index (χ1v) is 10.2. The number of aryl methyl sites for hydroxylation is 2. The topological polar surface area (TPSA) is 46.9 Å². The highest BCUT2D eigenvalue weighted by Crippen LogP contribution is 2.26. The van der Waals surface area contributed by atoms with Crippen molar-refractivity contribution in [3.8, 4) is 0 Å². The molecule has 1 N–H and O–H groups in total. The van der Waals surface area contributed by atoms with E-state index >= 15 is 0 Å². The lowest BCUT2D eigenvalue weighted by Crippen LogP contribution is -2.14. The molecule has 1 aromatic heterocycles. The van der Waals surface area contributed by atoms with Crippen LogP contribution in [0.5, 0.6) is 0 Å². The maximum Gasteiger partial charge on any atom is 0.257 e. The van der Waals surface area contributed by atoms with E-state index in [0.29, 0.717) is 17.1 Å². The van der Waals surface area contributed by atoms with Gasteiger partial charge >= 0.3 is 0 Å². The molecule has 0 saturated heterocycles. The van der Waals surface area contributed by atoms with Gasteiger partial charge in [-0.3, -0.25) is 9.48 Å². The average molecular weight is 400 g/mol. The number of thioether (sulfide) groups is 1. The highest BCUT2D eigenvalue weighted by Gasteiger charge is 2.18. The van der Waals surface area contributed by atoms with Gasteiger partial charge in [0.2, 0.25) is 0 Å². The molecule has 2 aromatic carbocycles. The van der Waals surface area contributed by atoms with Crippen molar-refractivity contribution >= 4 is 35.0 Å². The summed E-state index contributed by atoms with van der Waals surface area (Å²) < 4.78 is 1.92. The van der Waals surface area contributed by atoms with Crippen LogP contribution in [0.4, 0.5) is 5.69 Å². The fraction of sp³-hybridized carbons (Fsp3) is 0.238. The molecule has 0 bridgehead atoms. The van der Waals surface area contributed by atoms with Gasteiger partial charge in [-0.2, -0.15) is 5.10 Å². The van der Waals surface area contributed by atoms with E-state index in [4.69, 9.17) is 11.6 Å². The fourth-order valence-electron chi connectivity index (χ4n) is 2.97. The molecule has 1 heterocycles. The lowest BCUT2D eigenvalue weighted by molar-refractivity contribution is 0.102. The molecule has 0 fully saturated rings. The first-order chi connectivity index (χ1) is 12.9. The number of aromatic nitrogens is 2. The second-order valence-corrected chi connectivity index (χ2v) is 7.72. The molecule has 1 amide bonds. The number of nitrogens with zero attached hydrogens (tertiary/aromatic N) is 2. The van der Waals surface area contributed by atoms with E-state index in [2.05, 4.69) is 29.5 Å². The molecule has 0 radical (unpaired) electrons. The number of amides is 1. The molecule has 0 unspecified atom stereocenters. The molecule has 0 aliphatic rings. The minimum absolute atomic E-state index is 0.224. The first kappa shape index (κ1) is 19.5. The molecule has 0 aliphatic heterocycles. The molecule has 3 rings (SSSR count). The number of hydrogen-bond donors (Lipinski definition) is 1. The maximum atomic E-state index is 12.8. The summed E-state index contributed by atoms with van der Waals surface area (Å²) in [6.07, 6.45) is 1.97. The number of benzene rings is 2. The Kier molecular flexibility index (Phi) is 5.92. The van der Waals surface area contributed by atoms with Gasteiger partial charge in [0, 0.05) is 4.90 Å². The Morgan fingerprint density at radius 1 is 1.19 bits per heavy atom. The van der Waals surface area contributed by atoms with Crippen molar-refractivity contribution in [3.05, 3.63) is 75.6 Å². The Labute approximate surface area is 168 Å². The summed E-state index contributed by atoms with van der Waals surface area (Å²) in [7, 11) is 0. The van der Waals surface area contributed by atoms with E-state index in [1.807, 2.05) is 49.1 Å². The Morgan fingerprint density at radius 3 is 2.63 bits per heavy atom. The van der Waals surface area contributed by atoms with E-state index in [-0.39, 0.29) is 5.91 Å². The van der Waals surface area contributed by atoms with Crippen LogP contribution in [0.15, 0.2) is 47.4 Å². The molecule has 6 heteroatoms. The van der Waals surface area contributed by atoms with Crippen molar-refractivity contribution in [3.63, 3.8) is 0 Å². The van der Waals surface area contributed by atoms with Crippen LogP contribution in [-0.4, -0.2) is 21.9 Å². The van der Waals surface area contributed by atoms with E-state index in [1.54, 1.807) is 17.8 Å². The lowest BCUT2D eigenvalue weighted by Gasteiger charge is -2.10. The number of rotatable bonds is 5. The van der Waals surface area contributed by atoms with Gasteiger partial charge in [-0.15, -0.1) is 11.8 Å². The normalized spacial score (nSPS) is 10.9. The number of halogens is 1. The summed E-state index contributed by atoms with van der Waals surface area (Å²) >= 11 is 7.81. The van der Waals surface area contributed by atoms with Gasteiger partial charge < -0.3 is 5.32 Å². The highest BCUT2D eigenvalue weighted by atomic mass is 35.5. The van der Waals surface area contributed by atoms with Gasteiger partial charge in [-0.25, -0.2) is 0 Å². The molecule has 4 nitrogen and oxygen atoms in total. The Bertz CT molecular complexity index is 997. The second kappa shape index (κ2) is 8.19. The quantitative estimate of drug-likeness (QED) is 0.577. The monoisotopic (exact) mass is 399 g/mol. The highest BCUT2D eigenvalue weighted by molar-refractivity contribution is 7.98. The lowest BCUT2D eigenvalue weighted by atomic mass is 10.1. The van der Waals surface area contributed by atoms with Crippen LogP contribution in [0, 0.1) is 20.8 Å². The van der Waals surface area contributed by atoms with E-state index in [0.717, 1.165) is 22.0 Å².